The van der Waals surface area contributed by atoms with Crippen LogP contribution in [0.5, 0.6) is 0 Å². The first-order valence-corrected chi connectivity index (χ1v) is 8.26. The zero-order chi connectivity index (χ0) is 14.4. The monoisotopic (exact) mass is 280 g/mol. The van der Waals surface area contributed by atoms with E-state index in [9.17, 15) is 0 Å². The van der Waals surface area contributed by atoms with Gasteiger partial charge >= 0.3 is 0 Å². The topological polar surface area (TPSA) is 19.0 Å². The third-order valence-electron chi connectivity index (χ3n) is 5.40. The highest BCUT2D eigenvalue weighted by molar-refractivity contribution is 5.85. The lowest BCUT2D eigenvalue weighted by Gasteiger charge is -2.29. The van der Waals surface area contributed by atoms with Gasteiger partial charge in [-0.25, -0.2) is 0 Å². The van der Waals surface area contributed by atoms with Gasteiger partial charge in [0.1, 0.15) is 0 Å². The third-order valence-corrected chi connectivity index (χ3v) is 5.40. The number of hydrogen-bond acceptors (Lipinski definition) is 1. The van der Waals surface area contributed by atoms with Gasteiger partial charge in [-0.1, -0.05) is 37.3 Å². The average molecular weight is 280 g/mol. The fourth-order valence-electron chi connectivity index (χ4n) is 4.28. The van der Waals surface area contributed by atoms with Gasteiger partial charge in [-0.05, 0) is 43.2 Å². The molecule has 1 aromatic carbocycles. The predicted molar refractivity (Wildman–Crippen MR) is 88.5 cm³/mol. The van der Waals surface area contributed by atoms with Gasteiger partial charge < -0.3 is 4.98 Å². The molecule has 1 saturated heterocycles. The molecule has 1 aromatic heterocycles. The fraction of sp³-hybridized carbons (Fsp3) is 0.474. The van der Waals surface area contributed by atoms with Crippen molar-refractivity contribution in [2.45, 2.75) is 38.6 Å². The van der Waals surface area contributed by atoms with Crippen molar-refractivity contribution < 1.29 is 0 Å². The summed E-state index contributed by atoms with van der Waals surface area (Å²) in [5.41, 5.74) is 5.79. The zero-order valence-electron chi connectivity index (χ0n) is 12.9. The second-order valence-electron chi connectivity index (χ2n) is 6.73. The van der Waals surface area contributed by atoms with E-state index in [-0.39, 0.29) is 0 Å². The largest absolute Gasteiger partial charge is 0.357 e. The van der Waals surface area contributed by atoms with Crippen molar-refractivity contribution in [1.82, 2.24) is 9.88 Å². The number of fused-ring (bicyclic) bond motifs is 5. The molecule has 2 heteroatoms. The van der Waals surface area contributed by atoms with E-state index >= 15 is 0 Å². The van der Waals surface area contributed by atoms with Crippen LogP contribution in [0.4, 0.5) is 0 Å². The molecule has 2 aliphatic rings. The molecule has 21 heavy (non-hydrogen) atoms. The molecular formula is C19H24N2. The summed E-state index contributed by atoms with van der Waals surface area (Å²) in [6.07, 6.45) is 4.81. The standard InChI is InChI=1S/C19H24N2/c1-3-13(2)10-14-11-18-19-16(8-9-21(18)12-14)15-6-4-5-7-17(15)20-19/h4-7,14,18,20H,2-3,8-12H2,1H3/t14-,18?/m1/s1. The lowest BCUT2D eigenvalue weighted by molar-refractivity contribution is 0.237. The maximum atomic E-state index is 4.21. The summed E-state index contributed by atoms with van der Waals surface area (Å²) in [5.74, 6) is 0.791. The maximum Gasteiger partial charge on any atom is 0.0505 e. The van der Waals surface area contributed by atoms with Crippen LogP contribution in [0.2, 0.25) is 0 Å². The van der Waals surface area contributed by atoms with Crippen LogP contribution in [-0.4, -0.2) is 23.0 Å². The Morgan fingerprint density at radius 1 is 1.38 bits per heavy atom. The molecule has 0 spiro atoms. The Morgan fingerprint density at radius 3 is 3.10 bits per heavy atom. The molecule has 110 valence electrons. The number of allylic oxidation sites excluding steroid dienone is 1. The van der Waals surface area contributed by atoms with Gasteiger partial charge in [0.15, 0.2) is 0 Å². The first kappa shape index (κ1) is 13.1. The number of hydrogen-bond donors (Lipinski definition) is 1. The molecule has 2 aromatic rings. The van der Waals surface area contributed by atoms with E-state index < -0.39 is 0 Å². The van der Waals surface area contributed by atoms with E-state index in [1.807, 2.05) is 0 Å². The normalized spacial score (nSPS) is 25.0. The van der Waals surface area contributed by atoms with Crippen molar-refractivity contribution in [2.75, 3.05) is 13.1 Å². The third kappa shape index (κ3) is 2.13. The molecule has 2 atom stereocenters. The van der Waals surface area contributed by atoms with E-state index in [1.54, 1.807) is 5.56 Å². The number of para-hydroxylation sites is 1. The number of benzene rings is 1. The van der Waals surface area contributed by atoms with Gasteiger partial charge in [-0.3, -0.25) is 4.90 Å². The van der Waals surface area contributed by atoms with Crippen molar-refractivity contribution in [3.05, 3.63) is 47.7 Å². The molecular weight excluding hydrogens is 256 g/mol. The van der Waals surface area contributed by atoms with Crippen molar-refractivity contribution in [2.24, 2.45) is 5.92 Å². The number of H-pyrrole nitrogens is 1. The van der Waals surface area contributed by atoms with Gasteiger partial charge in [0.05, 0.1) is 6.04 Å². The number of aromatic nitrogens is 1. The van der Waals surface area contributed by atoms with Crippen LogP contribution in [0.25, 0.3) is 10.9 Å². The van der Waals surface area contributed by atoms with Crippen molar-refractivity contribution >= 4 is 10.9 Å². The molecule has 0 bridgehead atoms. The quantitative estimate of drug-likeness (QED) is 0.823. The van der Waals surface area contributed by atoms with Crippen molar-refractivity contribution in [3.8, 4) is 0 Å². The minimum absolute atomic E-state index is 0.607. The minimum atomic E-state index is 0.607. The van der Waals surface area contributed by atoms with Gasteiger partial charge in [0.2, 0.25) is 0 Å². The van der Waals surface area contributed by atoms with Crippen molar-refractivity contribution in [3.63, 3.8) is 0 Å². The Labute approximate surface area is 126 Å². The number of rotatable bonds is 3. The number of nitrogens with one attached hydrogen (secondary N) is 1. The number of nitrogens with zero attached hydrogens (tertiary/aromatic N) is 1. The summed E-state index contributed by atoms with van der Waals surface area (Å²) < 4.78 is 0. The lowest BCUT2D eigenvalue weighted by Crippen LogP contribution is -2.31. The Balaban J connectivity index is 1.65. The van der Waals surface area contributed by atoms with Crippen LogP contribution in [0.15, 0.2) is 36.4 Å². The first-order chi connectivity index (χ1) is 10.3. The molecule has 2 aliphatic heterocycles. The smallest absolute Gasteiger partial charge is 0.0505 e. The van der Waals surface area contributed by atoms with E-state index in [1.165, 1.54) is 54.5 Å². The Morgan fingerprint density at radius 2 is 2.24 bits per heavy atom. The Kier molecular flexibility index (Phi) is 3.15. The predicted octanol–water partition coefficient (Wildman–Crippen LogP) is 4.44. The van der Waals surface area contributed by atoms with Gasteiger partial charge in [-0.2, -0.15) is 0 Å². The van der Waals surface area contributed by atoms with E-state index in [0.29, 0.717) is 6.04 Å². The van der Waals surface area contributed by atoms with Crippen LogP contribution in [0, 0.1) is 5.92 Å². The summed E-state index contributed by atoms with van der Waals surface area (Å²) in [7, 11) is 0. The molecule has 4 rings (SSSR count). The Hall–Kier alpha value is -1.54. The van der Waals surface area contributed by atoms with E-state index in [2.05, 4.69) is 47.7 Å². The second-order valence-corrected chi connectivity index (χ2v) is 6.73. The van der Waals surface area contributed by atoms with E-state index in [4.69, 9.17) is 0 Å². The maximum absolute atomic E-state index is 4.21. The molecule has 0 saturated carbocycles. The summed E-state index contributed by atoms with van der Waals surface area (Å²) >= 11 is 0. The zero-order valence-corrected chi connectivity index (χ0v) is 12.9. The molecule has 3 heterocycles. The molecule has 2 nitrogen and oxygen atoms in total. The number of aromatic amines is 1. The Bertz CT molecular complexity index is 682. The highest BCUT2D eigenvalue weighted by Gasteiger charge is 2.38. The summed E-state index contributed by atoms with van der Waals surface area (Å²) in [4.78, 5) is 6.40. The molecule has 1 N–H and O–H groups in total. The van der Waals surface area contributed by atoms with Crippen LogP contribution >= 0.6 is 0 Å². The molecule has 0 amide bonds. The SMILES string of the molecule is C=C(CC)C[C@@H]1CC2c3[nH]c4ccccc4c3CCN2C1. The van der Waals surface area contributed by atoms with Gasteiger partial charge in [0.25, 0.3) is 0 Å². The molecule has 0 aliphatic carbocycles. The van der Waals surface area contributed by atoms with Crippen LogP contribution in [0.1, 0.15) is 43.5 Å². The highest BCUT2D eigenvalue weighted by atomic mass is 15.2. The first-order valence-electron chi connectivity index (χ1n) is 8.26. The average Bonchev–Trinajstić information content (AvgIpc) is 3.07. The highest BCUT2D eigenvalue weighted by Crippen LogP contribution is 2.43. The van der Waals surface area contributed by atoms with E-state index in [0.717, 1.165) is 12.3 Å². The summed E-state index contributed by atoms with van der Waals surface area (Å²) in [6.45, 7) is 8.89. The lowest BCUT2D eigenvalue weighted by atomic mass is 9.93. The second kappa shape index (κ2) is 5.03. The summed E-state index contributed by atoms with van der Waals surface area (Å²) in [6, 6.07) is 9.38. The van der Waals surface area contributed by atoms with Gasteiger partial charge in [0, 0.05) is 29.7 Å². The molecule has 1 fully saturated rings. The van der Waals surface area contributed by atoms with Gasteiger partial charge in [-0.15, -0.1) is 0 Å². The van der Waals surface area contributed by atoms with Crippen LogP contribution in [0.3, 0.4) is 0 Å². The van der Waals surface area contributed by atoms with Crippen LogP contribution in [-0.2, 0) is 6.42 Å². The fourth-order valence-corrected chi connectivity index (χ4v) is 4.28. The van der Waals surface area contributed by atoms with Crippen LogP contribution < -0.4 is 0 Å². The van der Waals surface area contributed by atoms with Crippen molar-refractivity contribution in [1.29, 1.82) is 0 Å². The molecule has 0 radical (unpaired) electrons. The summed E-state index contributed by atoms with van der Waals surface area (Å²) in [5, 5.41) is 1.44. The minimum Gasteiger partial charge on any atom is -0.357 e. The molecule has 1 unspecified atom stereocenters.